The first-order chi connectivity index (χ1) is 7.59. The topological polar surface area (TPSA) is 67.6 Å². The summed E-state index contributed by atoms with van der Waals surface area (Å²) in [4.78, 5) is 13.5. The summed E-state index contributed by atoms with van der Waals surface area (Å²) in [5.41, 5.74) is 5.38. The largest absolute Gasteiger partial charge is 0.380 e. The smallest absolute Gasteiger partial charge is 0.235 e. The lowest BCUT2D eigenvalue weighted by Crippen LogP contribution is -2.51. The van der Waals surface area contributed by atoms with Crippen molar-refractivity contribution in [2.45, 2.75) is 32.4 Å². The minimum absolute atomic E-state index is 0.265. The number of nitrogens with zero attached hydrogens (tertiary/aromatic N) is 1. The second kappa shape index (κ2) is 6.83. The molecule has 0 aliphatic carbocycles. The Labute approximate surface area is 97.3 Å². The van der Waals surface area contributed by atoms with Gasteiger partial charge in [0.25, 0.3) is 0 Å². The van der Waals surface area contributed by atoms with E-state index in [1.54, 1.807) is 0 Å². The molecule has 3 N–H and O–H groups in total. The zero-order valence-electron chi connectivity index (χ0n) is 10.2. The van der Waals surface area contributed by atoms with Crippen molar-refractivity contribution in [3.8, 4) is 0 Å². The summed E-state index contributed by atoms with van der Waals surface area (Å²) in [6, 6.07) is -0.00109. The third kappa shape index (κ3) is 4.92. The fourth-order valence-corrected chi connectivity index (χ4v) is 1.87. The number of amides is 1. The Bertz CT molecular complexity index is 213. The summed E-state index contributed by atoms with van der Waals surface area (Å²) in [6.45, 7) is 8.12. The van der Waals surface area contributed by atoms with E-state index >= 15 is 0 Å². The number of rotatable bonds is 5. The summed E-state index contributed by atoms with van der Waals surface area (Å²) >= 11 is 0. The minimum Gasteiger partial charge on any atom is -0.380 e. The lowest BCUT2D eigenvalue weighted by molar-refractivity contribution is -0.120. The standard InChI is InChI=1S/C11H23N3O2/c1-9(2)13-10(11(12)15)8-14-4-3-6-16-7-5-14/h9-10,13H,3-8H2,1-2H3,(H2,12,15). The molecule has 0 saturated carbocycles. The van der Waals surface area contributed by atoms with E-state index in [2.05, 4.69) is 10.2 Å². The Morgan fingerprint density at radius 3 is 2.81 bits per heavy atom. The van der Waals surface area contributed by atoms with Gasteiger partial charge in [-0.3, -0.25) is 9.69 Å². The molecule has 0 spiro atoms. The number of nitrogens with one attached hydrogen (secondary N) is 1. The van der Waals surface area contributed by atoms with Gasteiger partial charge >= 0.3 is 0 Å². The number of nitrogens with two attached hydrogens (primary N) is 1. The molecular weight excluding hydrogens is 206 g/mol. The normalized spacial score (nSPS) is 20.7. The van der Waals surface area contributed by atoms with Gasteiger partial charge in [0.15, 0.2) is 0 Å². The summed E-state index contributed by atoms with van der Waals surface area (Å²) in [5, 5.41) is 3.19. The van der Waals surface area contributed by atoms with Crippen LogP contribution in [0.15, 0.2) is 0 Å². The molecular formula is C11H23N3O2. The minimum atomic E-state index is -0.279. The second-order valence-corrected chi connectivity index (χ2v) is 4.54. The van der Waals surface area contributed by atoms with Crippen LogP contribution in [0.25, 0.3) is 0 Å². The molecule has 1 saturated heterocycles. The molecule has 1 heterocycles. The first-order valence-corrected chi connectivity index (χ1v) is 5.95. The molecule has 5 nitrogen and oxygen atoms in total. The van der Waals surface area contributed by atoms with Gasteiger partial charge in [0.1, 0.15) is 0 Å². The maximum Gasteiger partial charge on any atom is 0.235 e. The van der Waals surface area contributed by atoms with E-state index < -0.39 is 0 Å². The average Bonchev–Trinajstić information content (AvgIpc) is 2.44. The number of ether oxygens (including phenoxy) is 1. The Morgan fingerprint density at radius 1 is 1.44 bits per heavy atom. The first kappa shape index (κ1) is 13.4. The number of hydrogen-bond donors (Lipinski definition) is 2. The number of carbonyl (C=O) groups is 1. The fraction of sp³-hybridized carbons (Fsp3) is 0.909. The molecule has 5 heteroatoms. The van der Waals surface area contributed by atoms with Gasteiger partial charge < -0.3 is 15.8 Å². The van der Waals surface area contributed by atoms with Gasteiger partial charge in [0.2, 0.25) is 5.91 Å². The van der Waals surface area contributed by atoms with Gasteiger partial charge in [-0.05, 0) is 6.42 Å². The van der Waals surface area contributed by atoms with Crippen LogP contribution in [0.5, 0.6) is 0 Å². The van der Waals surface area contributed by atoms with Crippen molar-refractivity contribution >= 4 is 5.91 Å². The predicted molar refractivity (Wildman–Crippen MR) is 63.1 cm³/mol. The van der Waals surface area contributed by atoms with Crippen LogP contribution >= 0.6 is 0 Å². The highest BCUT2D eigenvalue weighted by Gasteiger charge is 2.20. The molecule has 1 aliphatic rings. The van der Waals surface area contributed by atoms with E-state index in [-0.39, 0.29) is 18.0 Å². The molecule has 0 bridgehead atoms. The van der Waals surface area contributed by atoms with Gasteiger partial charge in [-0.1, -0.05) is 13.8 Å². The van der Waals surface area contributed by atoms with Crippen molar-refractivity contribution in [1.29, 1.82) is 0 Å². The summed E-state index contributed by atoms with van der Waals surface area (Å²) < 4.78 is 5.37. The predicted octanol–water partition coefficient (Wildman–Crippen LogP) is -0.439. The summed E-state index contributed by atoms with van der Waals surface area (Å²) in [5.74, 6) is -0.279. The van der Waals surface area contributed by atoms with Crippen LogP contribution in [-0.2, 0) is 9.53 Å². The monoisotopic (exact) mass is 229 g/mol. The molecule has 1 aliphatic heterocycles. The van der Waals surface area contributed by atoms with Crippen molar-refractivity contribution in [2.75, 3.05) is 32.8 Å². The summed E-state index contributed by atoms with van der Waals surface area (Å²) in [7, 11) is 0. The van der Waals surface area contributed by atoms with E-state index in [0.717, 1.165) is 32.7 Å². The average molecular weight is 229 g/mol. The molecule has 0 aromatic rings. The van der Waals surface area contributed by atoms with Crippen LogP contribution in [0.1, 0.15) is 20.3 Å². The molecule has 1 unspecified atom stereocenters. The zero-order valence-corrected chi connectivity index (χ0v) is 10.2. The molecule has 1 atom stereocenters. The molecule has 1 fully saturated rings. The third-order valence-corrected chi connectivity index (χ3v) is 2.63. The number of primary amides is 1. The molecule has 1 rings (SSSR count). The van der Waals surface area contributed by atoms with E-state index in [1.807, 2.05) is 13.8 Å². The zero-order chi connectivity index (χ0) is 12.0. The molecule has 16 heavy (non-hydrogen) atoms. The highest BCUT2D eigenvalue weighted by atomic mass is 16.5. The van der Waals surface area contributed by atoms with E-state index in [0.29, 0.717) is 6.54 Å². The molecule has 0 aromatic carbocycles. The molecule has 0 radical (unpaired) electrons. The molecule has 94 valence electrons. The number of hydrogen-bond acceptors (Lipinski definition) is 4. The fourth-order valence-electron chi connectivity index (χ4n) is 1.87. The summed E-state index contributed by atoms with van der Waals surface area (Å²) in [6.07, 6.45) is 1.02. The highest BCUT2D eigenvalue weighted by Crippen LogP contribution is 2.01. The van der Waals surface area contributed by atoms with Crippen molar-refractivity contribution in [3.63, 3.8) is 0 Å². The van der Waals surface area contributed by atoms with Crippen LogP contribution in [0.4, 0.5) is 0 Å². The number of carbonyl (C=O) groups excluding carboxylic acids is 1. The van der Waals surface area contributed by atoms with Gasteiger partial charge in [-0.2, -0.15) is 0 Å². The second-order valence-electron chi connectivity index (χ2n) is 4.54. The lowest BCUT2D eigenvalue weighted by Gasteiger charge is -2.26. The van der Waals surface area contributed by atoms with Gasteiger partial charge in [0.05, 0.1) is 12.6 Å². The van der Waals surface area contributed by atoms with Gasteiger partial charge in [0, 0.05) is 32.3 Å². The quantitative estimate of drug-likeness (QED) is 0.671. The van der Waals surface area contributed by atoms with Crippen LogP contribution in [-0.4, -0.2) is 55.7 Å². The Kier molecular flexibility index (Phi) is 5.73. The van der Waals surface area contributed by atoms with Crippen LogP contribution in [0.2, 0.25) is 0 Å². The van der Waals surface area contributed by atoms with Crippen molar-refractivity contribution in [1.82, 2.24) is 10.2 Å². The molecule has 0 aromatic heterocycles. The third-order valence-electron chi connectivity index (χ3n) is 2.63. The van der Waals surface area contributed by atoms with Crippen LogP contribution < -0.4 is 11.1 Å². The lowest BCUT2D eigenvalue weighted by atomic mass is 10.2. The van der Waals surface area contributed by atoms with Crippen molar-refractivity contribution in [2.24, 2.45) is 5.73 Å². The first-order valence-electron chi connectivity index (χ1n) is 5.95. The van der Waals surface area contributed by atoms with E-state index in [9.17, 15) is 4.79 Å². The highest BCUT2D eigenvalue weighted by molar-refractivity contribution is 5.80. The van der Waals surface area contributed by atoms with Crippen molar-refractivity contribution < 1.29 is 9.53 Å². The van der Waals surface area contributed by atoms with Crippen molar-refractivity contribution in [3.05, 3.63) is 0 Å². The van der Waals surface area contributed by atoms with Gasteiger partial charge in [-0.15, -0.1) is 0 Å². The van der Waals surface area contributed by atoms with E-state index in [1.165, 1.54) is 0 Å². The SMILES string of the molecule is CC(C)NC(CN1CCCOCC1)C(N)=O. The Hall–Kier alpha value is -0.650. The van der Waals surface area contributed by atoms with Crippen LogP contribution in [0.3, 0.4) is 0 Å². The van der Waals surface area contributed by atoms with E-state index in [4.69, 9.17) is 10.5 Å². The Morgan fingerprint density at radius 2 is 2.19 bits per heavy atom. The van der Waals surface area contributed by atoms with Gasteiger partial charge in [-0.25, -0.2) is 0 Å². The maximum absolute atomic E-state index is 11.3. The van der Waals surface area contributed by atoms with Crippen LogP contribution in [0, 0.1) is 0 Å². The Balaban J connectivity index is 2.42. The maximum atomic E-state index is 11.3. The molecule has 1 amide bonds.